The maximum absolute atomic E-state index is 12.4. The maximum Gasteiger partial charge on any atom is 0.251 e. The zero-order chi connectivity index (χ0) is 16.8. The maximum atomic E-state index is 12.4. The van der Waals surface area contributed by atoms with Crippen molar-refractivity contribution in [2.24, 2.45) is 0 Å². The zero-order valence-corrected chi connectivity index (χ0v) is 14.1. The highest BCUT2D eigenvalue weighted by atomic mass is 32.1. The topological polar surface area (TPSA) is 51.2 Å². The van der Waals surface area contributed by atoms with E-state index < -0.39 is 0 Å². The third kappa shape index (κ3) is 4.20. The van der Waals surface area contributed by atoms with E-state index in [4.69, 9.17) is 4.74 Å². The molecule has 24 heavy (non-hydrogen) atoms. The molecule has 0 fully saturated rings. The van der Waals surface area contributed by atoms with Gasteiger partial charge in [-0.3, -0.25) is 4.79 Å². The largest absolute Gasteiger partial charge is 0.487 e. The highest BCUT2D eigenvalue weighted by Crippen LogP contribution is 2.17. The molecule has 3 rings (SSSR count). The molecule has 0 aliphatic carbocycles. The van der Waals surface area contributed by atoms with Gasteiger partial charge in [-0.15, -0.1) is 11.3 Å². The number of benzene rings is 2. The van der Waals surface area contributed by atoms with Gasteiger partial charge in [-0.2, -0.15) is 0 Å². The number of hydrogen-bond donors (Lipinski definition) is 1. The summed E-state index contributed by atoms with van der Waals surface area (Å²) in [7, 11) is 0. The molecule has 1 atom stereocenters. The molecule has 2 aromatic carbocycles. The number of amides is 1. The summed E-state index contributed by atoms with van der Waals surface area (Å²) in [6.07, 6.45) is 0. The lowest BCUT2D eigenvalue weighted by Gasteiger charge is -2.14. The monoisotopic (exact) mass is 338 g/mol. The second-order valence-corrected chi connectivity index (χ2v) is 6.12. The molecule has 1 amide bonds. The first-order valence-corrected chi connectivity index (χ1v) is 8.62. The molecule has 0 saturated carbocycles. The summed E-state index contributed by atoms with van der Waals surface area (Å²) >= 11 is 1.53. The molecule has 1 heterocycles. The second kappa shape index (κ2) is 7.75. The fraction of sp³-hybridized carbons (Fsp3) is 0.158. The van der Waals surface area contributed by atoms with Crippen LogP contribution in [0.15, 0.2) is 65.5 Å². The van der Waals surface area contributed by atoms with E-state index in [9.17, 15) is 4.79 Å². The lowest BCUT2D eigenvalue weighted by Crippen LogP contribution is -2.26. The first-order chi connectivity index (χ1) is 11.7. The first-order valence-electron chi connectivity index (χ1n) is 7.68. The van der Waals surface area contributed by atoms with Gasteiger partial charge in [0.15, 0.2) is 0 Å². The molecule has 1 aromatic heterocycles. The standard InChI is InChI=1S/C19H18N2O2S/c1-14(15-6-3-2-4-7-15)21-19(22)16-8-5-9-18(10-16)23-11-17-12-24-13-20-17/h2-10,12-14H,11H2,1H3,(H,21,22). The minimum Gasteiger partial charge on any atom is -0.487 e. The van der Waals surface area contributed by atoms with Gasteiger partial charge >= 0.3 is 0 Å². The van der Waals surface area contributed by atoms with E-state index in [1.807, 2.05) is 54.8 Å². The number of ether oxygens (including phenoxy) is 1. The van der Waals surface area contributed by atoms with Crippen LogP contribution in [0.3, 0.4) is 0 Å². The SMILES string of the molecule is CC(NC(=O)c1cccc(OCc2cscn2)c1)c1ccccc1. The van der Waals surface area contributed by atoms with Gasteiger partial charge in [-0.25, -0.2) is 4.98 Å². The van der Waals surface area contributed by atoms with Crippen molar-refractivity contribution in [3.8, 4) is 5.75 Å². The summed E-state index contributed by atoms with van der Waals surface area (Å²) in [6.45, 7) is 2.37. The normalized spacial score (nSPS) is 11.7. The van der Waals surface area contributed by atoms with Gasteiger partial charge in [-0.05, 0) is 30.7 Å². The Hall–Kier alpha value is -2.66. The molecule has 0 aliphatic heterocycles. The van der Waals surface area contributed by atoms with E-state index in [1.165, 1.54) is 11.3 Å². The first kappa shape index (κ1) is 16.2. The van der Waals surface area contributed by atoms with Crippen molar-refractivity contribution in [3.63, 3.8) is 0 Å². The van der Waals surface area contributed by atoms with Crippen molar-refractivity contribution in [2.45, 2.75) is 19.6 Å². The van der Waals surface area contributed by atoms with Gasteiger partial charge < -0.3 is 10.1 Å². The third-order valence-electron chi connectivity index (χ3n) is 3.61. The Balaban J connectivity index is 1.63. The number of thiazole rings is 1. The van der Waals surface area contributed by atoms with Crippen molar-refractivity contribution >= 4 is 17.2 Å². The summed E-state index contributed by atoms with van der Waals surface area (Å²) in [5.74, 6) is 0.536. The van der Waals surface area contributed by atoms with E-state index >= 15 is 0 Å². The van der Waals surface area contributed by atoms with E-state index in [0.717, 1.165) is 11.3 Å². The Labute approximate surface area is 145 Å². The zero-order valence-electron chi connectivity index (χ0n) is 13.3. The summed E-state index contributed by atoms with van der Waals surface area (Å²) in [5.41, 5.74) is 4.30. The van der Waals surface area contributed by atoms with Gasteiger partial charge in [0.25, 0.3) is 5.91 Å². The highest BCUT2D eigenvalue weighted by Gasteiger charge is 2.12. The molecule has 0 spiro atoms. The van der Waals surface area contributed by atoms with Gasteiger partial charge in [0.1, 0.15) is 12.4 Å². The summed E-state index contributed by atoms with van der Waals surface area (Å²) < 4.78 is 5.69. The van der Waals surface area contributed by atoms with Crippen molar-refractivity contribution in [2.75, 3.05) is 0 Å². The molecule has 4 nitrogen and oxygen atoms in total. The molecule has 122 valence electrons. The smallest absolute Gasteiger partial charge is 0.251 e. The van der Waals surface area contributed by atoms with E-state index in [2.05, 4.69) is 10.3 Å². The predicted molar refractivity (Wildman–Crippen MR) is 95.2 cm³/mol. The molecule has 0 aliphatic rings. The summed E-state index contributed by atoms with van der Waals surface area (Å²) in [5, 5.41) is 4.95. The fourth-order valence-corrected chi connectivity index (χ4v) is 2.84. The Morgan fingerprint density at radius 2 is 2.04 bits per heavy atom. The van der Waals surface area contributed by atoms with Crippen molar-refractivity contribution < 1.29 is 9.53 Å². The van der Waals surface area contributed by atoms with Crippen LogP contribution in [-0.4, -0.2) is 10.9 Å². The van der Waals surface area contributed by atoms with Crippen LogP contribution < -0.4 is 10.1 Å². The summed E-state index contributed by atoms with van der Waals surface area (Å²) in [6, 6.07) is 17.0. The molecule has 3 aromatic rings. The number of carbonyl (C=O) groups excluding carboxylic acids is 1. The van der Waals surface area contributed by atoms with Crippen LogP contribution in [0.1, 0.15) is 34.6 Å². The number of hydrogen-bond acceptors (Lipinski definition) is 4. The van der Waals surface area contributed by atoms with Crippen molar-refractivity contribution in [1.82, 2.24) is 10.3 Å². The predicted octanol–water partition coefficient (Wildman–Crippen LogP) is 4.21. The number of nitrogens with one attached hydrogen (secondary N) is 1. The van der Waals surface area contributed by atoms with Crippen LogP contribution in [0.5, 0.6) is 5.75 Å². The van der Waals surface area contributed by atoms with Crippen LogP contribution in [0.4, 0.5) is 0 Å². The van der Waals surface area contributed by atoms with E-state index in [0.29, 0.717) is 17.9 Å². The van der Waals surface area contributed by atoms with Crippen LogP contribution >= 0.6 is 11.3 Å². The van der Waals surface area contributed by atoms with Crippen molar-refractivity contribution in [1.29, 1.82) is 0 Å². The van der Waals surface area contributed by atoms with Crippen molar-refractivity contribution in [3.05, 3.63) is 82.3 Å². The average Bonchev–Trinajstić information content (AvgIpc) is 3.14. The summed E-state index contributed by atoms with van der Waals surface area (Å²) in [4.78, 5) is 16.6. The number of aromatic nitrogens is 1. The molecule has 1 N–H and O–H groups in total. The fourth-order valence-electron chi connectivity index (χ4n) is 2.30. The molecule has 0 bridgehead atoms. The molecule has 0 radical (unpaired) electrons. The molecular weight excluding hydrogens is 320 g/mol. The highest BCUT2D eigenvalue weighted by molar-refractivity contribution is 7.07. The van der Waals surface area contributed by atoms with Gasteiger partial charge in [0, 0.05) is 10.9 Å². The van der Waals surface area contributed by atoms with Crippen LogP contribution in [0.25, 0.3) is 0 Å². The van der Waals surface area contributed by atoms with E-state index in [-0.39, 0.29) is 11.9 Å². The van der Waals surface area contributed by atoms with Crippen LogP contribution in [0, 0.1) is 0 Å². The molecule has 0 saturated heterocycles. The average molecular weight is 338 g/mol. The van der Waals surface area contributed by atoms with Crippen LogP contribution in [-0.2, 0) is 6.61 Å². The number of rotatable bonds is 6. The van der Waals surface area contributed by atoms with Gasteiger partial charge in [-0.1, -0.05) is 36.4 Å². The Morgan fingerprint density at radius 3 is 2.79 bits per heavy atom. The minimum absolute atomic E-state index is 0.0571. The Kier molecular flexibility index (Phi) is 5.23. The second-order valence-electron chi connectivity index (χ2n) is 5.40. The lowest BCUT2D eigenvalue weighted by molar-refractivity contribution is 0.0939. The molecule has 5 heteroatoms. The number of carbonyl (C=O) groups is 1. The molecular formula is C19H18N2O2S. The van der Waals surface area contributed by atoms with E-state index in [1.54, 1.807) is 17.6 Å². The van der Waals surface area contributed by atoms with Gasteiger partial charge in [0.05, 0.1) is 17.2 Å². The lowest BCUT2D eigenvalue weighted by atomic mass is 10.1. The third-order valence-corrected chi connectivity index (χ3v) is 4.25. The Bertz CT molecular complexity index is 788. The molecule has 1 unspecified atom stereocenters. The Morgan fingerprint density at radius 1 is 1.21 bits per heavy atom. The van der Waals surface area contributed by atoms with Gasteiger partial charge in [0.2, 0.25) is 0 Å². The quantitative estimate of drug-likeness (QED) is 0.732. The number of nitrogens with zero attached hydrogens (tertiary/aromatic N) is 1. The van der Waals surface area contributed by atoms with Crippen LogP contribution in [0.2, 0.25) is 0 Å². The minimum atomic E-state index is -0.120.